The molecule has 0 saturated heterocycles. The van der Waals surface area contributed by atoms with E-state index in [1.807, 2.05) is 24.3 Å². The number of primary amides is 1. The lowest BCUT2D eigenvalue weighted by Crippen LogP contribution is -2.29. The number of carbonyl (C=O) groups excluding carboxylic acids is 2. The van der Waals surface area contributed by atoms with Gasteiger partial charge in [0, 0.05) is 33.5 Å². The maximum Gasteiger partial charge on any atom is 0.248 e. The molecule has 4 aromatic rings. The molecule has 0 radical (unpaired) electrons. The molecule has 4 rings (SSSR count). The highest BCUT2D eigenvalue weighted by Crippen LogP contribution is 2.31. The highest BCUT2D eigenvalue weighted by Gasteiger charge is 2.12. The van der Waals surface area contributed by atoms with Gasteiger partial charge in [0.25, 0.3) is 0 Å². The average Bonchev–Trinajstić information content (AvgIpc) is 2.88. The van der Waals surface area contributed by atoms with E-state index < -0.39 is 0 Å². The van der Waals surface area contributed by atoms with Crippen LogP contribution in [0.4, 0.5) is 5.69 Å². The Morgan fingerprint density at radius 2 is 1.46 bits per heavy atom. The minimum absolute atomic E-state index is 0.0225. The zero-order valence-corrected chi connectivity index (χ0v) is 22.7. The van der Waals surface area contributed by atoms with Crippen molar-refractivity contribution in [3.8, 4) is 0 Å². The lowest BCUT2D eigenvalue weighted by atomic mass is 10.1. The van der Waals surface area contributed by atoms with Crippen LogP contribution in [0, 0.1) is 6.92 Å². The second-order valence-corrected chi connectivity index (χ2v) is 10.7. The van der Waals surface area contributed by atoms with Crippen LogP contribution in [-0.4, -0.2) is 17.4 Å². The Morgan fingerprint density at radius 3 is 2.08 bits per heavy atom. The predicted octanol–water partition coefficient (Wildman–Crippen LogP) is 6.90. The SMILES string of the molecule is Cc1ccc(CCC(=O)Nc2cccc3c(SNC(C)(C)C)cccc23)cc1.NC(=O)c1ccccc1. The van der Waals surface area contributed by atoms with Crippen LogP contribution < -0.4 is 15.8 Å². The van der Waals surface area contributed by atoms with Gasteiger partial charge in [0.05, 0.1) is 0 Å². The number of benzene rings is 4. The summed E-state index contributed by atoms with van der Waals surface area (Å²) in [6, 6.07) is 29.4. The molecular weight excluding hydrogens is 478 g/mol. The number of carbonyl (C=O) groups is 2. The van der Waals surface area contributed by atoms with Crippen LogP contribution >= 0.6 is 11.9 Å². The highest BCUT2D eigenvalue weighted by atomic mass is 32.2. The summed E-state index contributed by atoms with van der Waals surface area (Å²) in [6.07, 6.45) is 1.22. The third-order valence-electron chi connectivity index (χ3n) is 5.44. The van der Waals surface area contributed by atoms with Crippen LogP contribution in [0.3, 0.4) is 0 Å². The first kappa shape index (κ1) is 28.0. The molecule has 4 N–H and O–H groups in total. The Bertz CT molecular complexity index is 1330. The molecule has 0 aliphatic heterocycles. The molecule has 0 aliphatic rings. The Morgan fingerprint density at radius 1 is 0.811 bits per heavy atom. The van der Waals surface area contributed by atoms with Crippen molar-refractivity contribution in [2.45, 2.75) is 51.0 Å². The Hall–Kier alpha value is -3.61. The van der Waals surface area contributed by atoms with Gasteiger partial charge in [0.15, 0.2) is 0 Å². The number of fused-ring (bicyclic) bond motifs is 1. The highest BCUT2D eigenvalue weighted by molar-refractivity contribution is 7.97. The van der Waals surface area contributed by atoms with E-state index in [0.717, 1.165) is 27.8 Å². The van der Waals surface area contributed by atoms with Gasteiger partial charge in [-0.1, -0.05) is 72.3 Å². The van der Waals surface area contributed by atoms with Crippen molar-refractivity contribution in [1.29, 1.82) is 0 Å². The minimum atomic E-state index is -0.379. The smallest absolute Gasteiger partial charge is 0.248 e. The summed E-state index contributed by atoms with van der Waals surface area (Å²) in [4.78, 5) is 24.1. The monoisotopic (exact) mass is 513 g/mol. The summed E-state index contributed by atoms with van der Waals surface area (Å²) < 4.78 is 3.46. The largest absolute Gasteiger partial charge is 0.366 e. The van der Waals surface area contributed by atoms with E-state index in [9.17, 15) is 9.59 Å². The normalized spacial score (nSPS) is 10.9. The van der Waals surface area contributed by atoms with Crippen LogP contribution in [0.5, 0.6) is 0 Å². The Balaban J connectivity index is 0.000000356. The topological polar surface area (TPSA) is 84.2 Å². The lowest BCUT2D eigenvalue weighted by molar-refractivity contribution is -0.116. The number of rotatable bonds is 7. The molecule has 0 aromatic heterocycles. The van der Waals surface area contributed by atoms with Gasteiger partial charge in [-0.25, -0.2) is 0 Å². The average molecular weight is 514 g/mol. The molecule has 0 bridgehead atoms. The number of anilines is 1. The number of aryl methyl sites for hydroxylation is 2. The van der Waals surface area contributed by atoms with E-state index in [-0.39, 0.29) is 17.4 Å². The van der Waals surface area contributed by atoms with Gasteiger partial charge in [-0.3, -0.25) is 14.3 Å². The van der Waals surface area contributed by atoms with Crippen molar-refractivity contribution in [2.75, 3.05) is 5.32 Å². The number of nitrogens with two attached hydrogens (primary N) is 1. The summed E-state index contributed by atoms with van der Waals surface area (Å²) in [7, 11) is 0. The molecule has 0 saturated carbocycles. The van der Waals surface area contributed by atoms with Crippen LogP contribution in [0.15, 0.2) is 95.9 Å². The molecule has 4 aromatic carbocycles. The Kier molecular flexibility index (Phi) is 9.89. The molecular formula is C31H35N3O2S. The molecule has 37 heavy (non-hydrogen) atoms. The standard InChI is InChI=1S/C24H28N2OS.C7H7NO/c1-17-11-13-18(14-12-17)15-16-23(27)25-21-9-5-8-20-19(21)7-6-10-22(20)28-26-24(2,3)4;8-7(9)6-4-2-1-3-5-6/h5-14,26H,15-16H2,1-4H3,(H,25,27);1-5H,(H2,8,9). The number of hydrogen-bond donors (Lipinski definition) is 3. The lowest BCUT2D eigenvalue weighted by Gasteiger charge is -2.20. The van der Waals surface area contributed by atoms with Crippen LogP contribution in [0.25, 0.3) is 10.8 Å². The van der Waals surface area contributed by atoms with Gasteiger partial charge in [-0.2, -0.15) is 0 Å². The van der Waals surface area contributed by atoms with E-state index in [0.29, 0.717) is 12.0 Å². The molecule has 0 aliphatic carbocycles. The van der Waals surface area contributed by atoms with E-state index in [1.54, 1.807) is 36.2 Å². The molecule has 2 amide bonds. The maximum atomic E-state index is 12.5. The maximum absolute atomic E-state index is 12.5. The van der Waals surface area contributed by atoms with Crippen molar-refractivity contribution in [2.24, 2.45) is 5.73 Å². The van der Waals surface area contributed by atoms with Crippen molar-refractivity contribution in [1.82, 2.24) is 4.72 Å². The Labute approximate surface area is 224 Å². The second-order valence-electron chi connectivity index (χ2n) is 9.88. The van der Waals surface area contributed by atoms with Crippen molar-refractivity contribution < 1.29 is 9.59 Å². The fourth-order valence-electron chi connectivity index (χ4n) is 3.51. The minimum Gasteiger partial charge on any atom is -0.366 e. The molecule has 0 heterocycles. The van der Waals surface area contributed by atoms with E-state index >= 15 is 0 Å². The second kappa shape index (κ2) is 13.1. The summed E-state index contributed by atoms with van der Waals surface area (Å²) in [6.45, 7) is 8.50. The van der Waals surface area contributed by atoms with Gasteiger partial charge >= 0.3 is 0 Å². The first-order chi connectivity index (χ1) is 17.6. The summed E-state index contributed by atoms with van der Waals surface area (Å²) >= 11 is 1.63. The summed E-state index contributed by atoms with van der Waals surface area (Å²) in [5, 5.41) is 5.30. The summed E-state index contributed by atoms with van der Waals surface area (Å²) in [5.41, 5.74) is 8.84. The van der Waals surface area contributed by atoms with Gasteiger partial charge in [0.2, 0.25) is 11.8 Å². The quantitative estimate of drug-likeness (QED) is 0.235. The van der Waals surface area contributed by atoms with Crippen molar-refractivity contribution in [3.63, 3.8) is 0 Å². The zero-order chi connectivity index (χ0) is 26.8. The molecule has 192 valence electrons. The fourth-order valence-corrected chi connectivity index (χ4v) is 4.37. The molecule has 0 unspecified atom stereocenters. The van der Waals surface area contributed by atoms with Gasteiger partial charge in [-0.05, 0) is 81.3 Å². The van der Waals surface area contributed by atoms with Crippen molar-refractivity contribution in [3.05, 3.63) is 108 Å². The van der Waals surface area contributed by atoms with Crippen LogP contribution in [0.2, 0.25) is 0 Å². The number of nitrogens with one attached hydrogen (secondary N) is 2. The molecule has 0 fully saturated rings. The molecule has 0 atom stereocenters. The van der Waals surface area contributed by atoms with Crippen LogP contribution in [-0.2, 0) is 11.2 Å². The fraction of sp³-hybridized carbons (Fsp3) is 0.226. The van der Waals surface area contributed by atoms with Gasteiger partial charge in [-0.15, -0.1) is 0 Å². The zero-order valence-electron chi connectivity index (χ0n) is 21.9. The van der Waals surface area contributed by atoms with Gasteiger partial charge < -0.3 is 11.1 Å². The predicted molar refractivity (Wildman–Crippen MR) is 156 cm³/mol. The van der Waals surface area contributed by atoms with Crippen LogP contribution in [0.1, 0.15) is 48.7 Å². The third-order valence-corrected chi connectivity index (χ3v) is 6.73. The number of amides is 2. The summed E-state index contributed by atoms with van der Waals surface area (Å²) in [5.74, 6) is -0.338. The first-order valence-electron chi connectivity index (χ1n) is 12.3. The first-order valence-corrected chi connectivity index (χ1v) is 13.1. The molecule has 5 nitrogen and oxygen atoms in total. The van der Waals surface area contributed by atoms with E-state index in [2.05, 4.69) is 80.2 Å². The molecule has 6 heteroatoms. The van der Waals surface area contributed by atoms with E-state index in [4.69, 9.17) is 5.73 Å². The molecule has 0 spiro atoms. The third kappa shape index (κ3) is 9.08. The van der Waals surface area contributed by atoms with Gasteiger partial charge in [0.1, 0.15) is 0 Å². The van der Waals surface area contributed by atoms with E-state index in [1.165, 1.54) is 11.1 Å². The number of hydrogen-bond acceptors (Lipinski definition) is 4. The van der Waals surface area contributed by atoms with Crippen molar-refractivity contribution >= 4 is 40.2 Å².